The van der Waals surface area contributed by atoms with Gasteiger partial charge in [-0.25, -0.2) is 4.68 Å². The molecule has 0 fully saturated rings. The largest absolute Gasteiger partial charge is 0.504 e. The molecule has 0 saturated carbocycles. The topological polar surface area (TPSA) is 72.2 Å². The number of benzene rings is 2. The summed E-state index contributed by atoms with van der Waals surface area (Å²) in [6.07, 6.45) is 1.70. The normalized spacial score (nSPS) is 12.3. The van der Waals surface area contributed by atoms with Gasteiger partial charge in [0, 0.05) is 17.8 Å². The third kappa shape index (κ3) is 3.44. The van der Waals surface area contributed by atoms with E-state index in [1.807, 2.05) is 42.6 Å². The Morgan fingerprint density at radius 3 is 2.86 bits per heavy atom. The van der Waals surface area contributed by atoms with E-state index in [1.54, 1.807) is 36.1 Å². The van der Waals surface area contributed by atoms with Crippen molar-refractivity contribution in [2.24, 2.45) is 10.1 Å². The van der Waals surface area contributed by atoms with Crippen LogP contribution in [-0.4, -0.2) is 29.7 Å². The number of rotatable bonds is 5. The summed E-state index contributed by atoms with van der Waals surface area (Å²) in [6, 6.07) is 15.0. The van der Waals surface area contributed by atoms with Crippen molar-refractivity contribution < 1.29 is 14.3 Å². The smallest absolute Gasteiger partial charge is 0.206 e. The van der Waals surface area contributed by atoms with E-state index < -0.39 is 0 Å². The maximum atomic E-state index is 9.86. The lowest BCUT2D eigenvalue weighted by Crippen LogP contribution is -2.11. The highest BCUT2D eigenvalue weighted by molar-refractivity contribution is 7.07. The molecule has 4 aromatic rings. The summed E-state index contributed by atoms with van der Waals surface area (Å²) < 4.78 is 13.2. The SMILES string of the molecule is CCOc1cc(C=Nn2c(-c3cc4ccccc4o3)csc2=NC)ccc1O. The first-order valence-electron chi connectivity index (χ1n) is 8.82. The van der Waals surface area contributed by atoms with Crippen molar-refractivity contribution in [1.82, 2.24) is 4.68 Å². The van der Waals surface area contributed by atoms with Crippen molar-refractivity contribution in [3.8, 4) is 23.0 Å². The average Bonchev–Trinajstić information content (AvgIpc) is 3.31. The lowest BCUT2D eigenvalue weighted by molar-refractivity contribution is 0.318. The van der Waals surface area contributed by atoms with Gasteiger partial charge in [0.25, 0.3) is 0 Å². The van der Waals surface area contributed by atoms with Gasteiger partial charge >= 0.3 is 0 Å². The molecule has 0 spiro atoms. The Morgan fingerprint density at radius 1 is 1.21 bits per heavy atom. The van der Waals surface area contributed by atoms with Crippen LogP contribution in [0, 0.1) is 0 Å². The first-order valence-corrected chi connectivity index (χ1v) is 9.70. The highest BCUT2D eigenvalue weighted by Gasteiger charge is 2.12. The number of furan rings is 1. The van der Waals surface area contributed by atoms with Gasteiger partial charge < -0.3 is 14.3 Å². The Kier molecular flexibility index (Phi) is 4.99. The maximum absolute atomic E-state index is 9.86. The van der Waals surface area contributed by atoms with E-state index in [0.29, 0.717) is 12.4 Å². The van der Waals surface area contributed by atoms with Gasteiger partial charge in [0.15, 0.2) is 17.3 Å². The number of aromatic nitrogens is 1. The molecule has 2 heterocycles. The summed E-state index contributed by atoms with van der Waals surface area (Å²) >= 11 is 1.49. The molecule has 142 valence electrons. The molecule has 6 nitrogen and oxygen atoms in total. The second-order valence-corrected chi connectivity index (χ2v) is 6.83. The summed E-state index contributed by atoms with van der Waals surface area (Å²) in [5.41, 5.74) is 2.45. The van der Waals surface area contributed by atoms with Crippen molar-refractivity contribution in [3.05, 3.63) is 64.3 Å². The van der Waals surface area contributed by atoms with Crippen LogP contribution in [0.1, 0.15) is 12.5 Å². The Hall–Kier alpha value is -3.32. The lowest BCUT2D eigenvalue weighted by Gasteiger charge is -2.06. The third-order valence-corrected chi connectivity index (χ3v) is 5.07. The summed E-state index contributed by atoms with van der Waals surface area (Å²) in [5.74, 6) is 1.26. The molecule has 1 N–H and O–H groups in total. The molecule has 0 aliphatic rings. The lowest BCUT2D eigenvalue weighted by atomic mass is 10.2. The van der Waals surface area contributed by atoms with E-state index in [-0.39, 0.29) is 5.75 Å². The molecule has 4 rings (SSSR count). The summed E-state index contributed by atoms with van der Waals surface area (Å²) in [6.45, 7) is 2.35. The zero-order valence-corrected chi connectivity index (χ0v) is 16.3. The molecule has 2 aromatic carbocycles. The molecule has 7 heteroatoms. The van der Waals surface area contributed by atoms with Crippen LogP contribution in [0.25, 0.3) is 22.4 Å². The van der Waals surface area contributed by atoms with E-state index in [2.05, 4.69) is 10.1 Å². The van der Waals surface area contributed by atoms with E-state index in [4.69, 9.17) is 9.15 Å². The predicted octanol–water partition coefficient (Wildman–Crippen LogP) is 4.48. The molecule has 0 aliphatic carbocycles. The van der Waals surface area contributed by atoms with Crippen LogP contribution in [0.3, 0.4) is 0 Å². The van der Waals surface area contributed by atoms with Crippen molar-refractivity contribution in [3.63, 3.8) is 0 Å². The van der Waals surface area contributed by atoms with Gasteiger partial charge in [-0.1, -0.05) is 18.2 Å². The number of aromatic hydroxyl groups is 1. The molecule has 0 unspecified atom stereocenters. The van der Waals surface area contributed by atoms with Crippen LogP contribution < -0.4 is 9.54 Å². The Balaban J connectivity index is 1.75. The molecule has 0 amide bonds. The number of ether oxygens (including phenoxy) is 1. The highest BCUT2D eigenvalue weighted by atomic mass is 32.1. The van der Waals surface area contributed by atoms with Crippen LogP contribution in [-0.2, 0) is 0 Å². The maximum Gasteiger partial charge on any atom is 0.206 e. The van der Waals surface area contributed by atoms with Gasteiger partial charge in [-0.2, -0.15) is 5.10 Å². The minimum Gasteiger partial charge on any atom is -0.504 e. The monoisotopic (exact) mass is 393 g/mol. The molecule has 28 heavy (non-hydrogen) atoms. The van der Waals surface area contributed by atoms with Crippen LogP contribution in [0.15, 0.2) is 68.4 Å². The van der Waals surface area contributed by atoms with E-state index in [9.17, 15) is 5.11 Å². The predicted molar refractivity (Wildman–Crippen MR) is 111 cm³/mol. The zero-order chi connectivity index (χ0) is 19.5. The first kappa shape index (κ1) is 18.1. The van der Waals surface area contributed by atoms with Crippen LogP contribution in [0.2, 0.25) is 0 Å². The van der Waals surface area contributed by atoms with Crippen LogP contribution in [0.4, 0.5) is 0 Å². The number of fused-ring (bicyclic) bond motifs is 1. The second-order valence-electron chi connectivity index (χ2n) is 5.99. The van der Waals surface area contributed by atoms with Gasteiger partial charge in [-0.15, -0.1) is 11.3 Å². The number of thiazole rings is 1. The summed E-state index contributed by atoms with van der Waals surface area (Å²) in [7, 11) is 1.73. The number of nitrogens with zero attached hydrogens (tertiary/aromatic N) is 3. The average molecular weight is 393 g/mol. The molecule has 0 aliphatic heterocycles. The minimum absolute atomic E-state index is 0.106. The number of phenols is 1. The minimum atomic E-state index is 0.106. The fraction of sp³-hybridized carbons (Fsp3) is 0.143. The van der Waals surface area contributed by atoms with Crippen LogP contribution >= 0.6 is 11.3 Å². The standard InChI is InChI=1S/C21H19N3O3S/c1-3-26-20-10-14(8-9-17(20)25)12-23-24-16(13-28-21(24)22-2)19-11-15-6-4-5-7-18(15)27-19/h4-13,25H,3H2,1-2H3. The Bertz CT molecular complexity index is 1180. The number of phenolic OH excluding ortho intramolecular Hbond substituents is 1. The van der Waals surface area contributed by atoms with Crippen molar-refractivity contribution >= 4 is 28.5 Å². The molecule has 0 atom stereocenters. The fourth-order valence-electron chi connectivity index (χ4n) is 2.85. The third-order valence-electron chi connectivity index (χ3n) is 4.16. The number of hydrogen-bond acceptors (Lipinski definition) is 6. The molecule has 2 aromatic heterocycles. The molecular weight excluding hydrogens is 374 g/mol. The zero-order valence-electron chi connectivity index (χ0n) is 15.5. The van der Waals surface area contributed by atoms with Crippen molar-refractivity contribution in [2.45, 2.75) is 6.92 Å². The Labute approximate surface area is 165 Å². The summed E-state index contributed by atoms with van der Waals surface area (Å²) in [4.78, 5) is 5.05. The molecule has 0 saturated heterocycles. The van der Waals surface area contributed by atoms with Gasteiger partial charge in [0.2, 0.25) is 4.80 Å². The first-order chi connectivity index (χ1) is 13.7. The second kappa shape index (κ2) is 7.74. The quantitative estimate of drug-likeness (QED) is 0.508. The molecule has 0 bridgehead atoms. The van der Waals surface area contributed by atoms with Gasteiger partial charge in [0.05, 0.1) is 12.8 Å². The summed E-state index contributed by atoms with van der Waals surface area (Å²) in [5, 5.41) is 17.5. The van der Waals surface area contributed by atoms with Gasteiger partial charge in [0.1, 0.15) is 11.3 Å². The molecule has 0 radical (unpaired) electrons. The van der Waals surface area contributed by atoms with Gasteiger partial charge in [-0.05, 0) is 42.8 Å². The number of para-hydroxylation sites is 1. The Morgan fingerprint density at radius 2 is 2.07 bits per heavy atom. The van der Waals surface area contributed by atoms with Crippen molar-refractivity contribution in [1.29, 1.82) is 0 Å². The van der Waals surface area contributed by atoms with E-state index in [1.165, 1.54) is 11.3 Å². The van der Waals surface area contributed by atoms with E-state index in [0.717, 1.165) is 32.8 Å². The van der Waals surface area contributed by atoms with Crippen molar-refractivity contribution in [2.75, 3.05) is 13.7 Å². The van der Waals surface area contributed by atoms with E-state index >= 15 is 0 Å². The van der Waals surface area contributed by atoms with Gasteiger partial charge in [-0.3, -0.25) is 4.99 Å². The fourth-order valence-corrected chi connectivity index (χ4v) is 3.63. The molecular formula is C21H19N3O3S. The number of hydrogen-bond donors (Lipinski definition) is 1. The highest BCUT2D eigenvalue weighted by Crippen LogP contribution is 2.29. The van der Waals surface area contributed by atoms with Crippen LogP contribution in [0.5, 0.6) is 11.5 Å².